The molecule has 1 aromatic carbocycles. The maximum atomic E-state index is 5.04. The zero-order chi connectivity index (χ0) is 9.52. The fraction of sp³-hybridized carbons (Fsp3) is 0.300. The first-order chi connectivity index (χ1) is 6.36. The van der Waals surface area contributed by atoms with Crippen LogP contribution in [0.2, 0.25) is 0 Å². The SMILES string of the molecule is CO/N=C/Cc1ccc(OC)cc1. The van der Waals surface area contributed by atoms with Gasteiger partial charge in [0.1, 0.15) is 12.9 Å². The summed E-state index contributed by atoms with van der Waals surface area (Å²) in [4.78, 5) is 4.55. The molecule has 0 bridgehead atoms. The van der Waals surface area contributed by atoms with E-state index in [1.165, 1.54) is 12.7 Å². The van der Waals surface area contributed by atoms with Crippen LogP contribution in [0.5, 0.6) is 5.75 Å². The molecular weight excluding hydrogens is 166 g/mol. The van der Waals surface area contributed by atoms with Crippen molar-refractivity contribution in [2.75, 3.05) is 14.2 Å². The zero-order valence-electron chi connectivity index (χ0n) is 7.86. The number of oxime groups is 1. The molecule has 0 N–H and O–H groups in total. The second-order valence-corrected chi connectivity index (χ2v) is 2.52. The monoisotopic (exact) mass is 179 g/mol. The van der Waals surface area contributed by atoms with Gasteiger partial charge in [-0.05, 0) is 17.7 Å². The highest BCUT2D eigenvalue weighted by molar-refractivity contribution is 5.60. The smallest absolute Gasteiger partial charge is 0.118 e. The predicted octanol–water partition coefficient (Wildman–Crippen LogP) is 1.87. The normalized spacial score (nSPS) is 10.3. The van der Waals surface area contributed by atoms with Gasteiger partial charge in [-0.25, -0.2) is 0 Å². The fourth-order valence-electron chi connectivity index (χ4n) is 0.979. The van der Waals surface area contributed by atoms with Crippen LogP contribution >= 0.6 is 0 Å². The Morgan fingerprint density at radius 3 is 2.46 bits per heavy atom. The first kappa shape index (κ1) is 9.58. The quantitative estimate of drug-likeness (QED) is 0.522. The molecule has 0 aliphatic rings. The highest BCUT2D eigenvalue weighted by atomic mass is 16.6. The fourth-order valence-corrected chi connectivity index (χ4v) is 0.979. The highest BCUT2D eigenvalue weighted by Crippen LogP contribution is 2.10. The van der Waals surface area contributed by atoms with Crippen molar-refractivity contribution in [1.29, 1.82) is 0 Å². The molecule has 0 amide bonds. The van der Waals surface area contributed by atoms with Crippen molar-refractivity contribution in [3.63, 3.8) is 0 Å². The van der Waals surface area contributed by atoms with E-state index < -0.39 is 0 Å². The Bertz CT molecular complexity index is 267. The molecule has 3 nitrogen and oxygen atoms in total. The number of nitrogens with zero attached hydrogens (tertiary/aromatic N) is 1. The molecule has 0 atom stereocenters. The van der Waals surface area contributed by atoms with Crippen molar-refractivity contribution in [1.82, 2.24) is 0 Å². The Hall–Kier alpha value is -1.51. The summed E-state index contributed by atoms with van der Waals surface area (Å²) in [5.41, 5.74) is 1.18. The van der Waals surface area contributed by atoms with Crippen LogP contribution in [0.1, 0.15) is 5.56 Å². The van der Waals surface area contributed by atoms with Crippen molar-refractivity contribution < 1.29 is 9.57 Å². The number of hydrogen-bond donors (Lipinski definition) is 0. The molecule has 0 saturated heterocycles. The first-order valence-electron chi connectivity index (χ1n) is 4.04. The molecule has 13 heavy (non-hydrogen) atoms. The van der Waals surface area contributed by atoms with Crippen LogP contribution in [-0.4, -0.2) is 20.4 Å². The number of ether oxygens (including phenoxy) is 1. The van der Waals surface area contributed by atoms with Crippen LogP contribution in [0.3, 0.4) is 0 Å². The van der Waals surface area contributed by atoms with Crippen molar-refractivity contribution in [3.8, 4) is 5.75 Å². The van der Waals surface area contributed by atoms with Crippen molar-refractivity contribution in [3.05, 3.63) is 29.8 Å². The molecule has 0 radical (unpaired) electrons. The minimum absolute atomic E-state index is 0.776. The molecule has 0 aliphatic carbocycles. The third kappa shape index (κ3) is 3.15. The lowest BCUT2D eigenvalue weighted by Gasteiger charge is -1.99. The van der Waals surface area contributed by atoms with Crippen LogP contribution in [0.25, 0.3) is 0 Å². The largest absolute Gasteiger partial charge is 0.497 e. The van der Waals surface area contributed by atoms with Gasteiger partial charge in [0.15, 0.2) is 0 Å². The molecule has 1 aromatic rings. The summed E-state index contributed by atoms with van der Waals surface area (Å²) in [6.07, 6.45) is 2.50. The molecule has 70 valence electrons. The van der Waals surface area contributed by atoms with Crippen molar-refractivity contribution in [2.45, 2.75) is 6.42 Å². The highest BCUT2D eigenvalue weighted by Gasteiger charge is 1.91. The molecule has 0 aliphatic heterocycles. The Morgan fingerprint density at radius 1 is 1.23 bits per heavy atom. The summed E-state index contributed by atoms with van der Waals surface area (Å²) in [5, 5.41) is 3.65. The molecule has 0 spiro atoms. The average molecular weight is 179 g/mol. The standard InChI is InChI=1S/C10H13NO2/c1-12-10-5-3-9(4-6-10)7-8-11-13-2/h3-6,8H,7H2,1-2H3/b11-8+. The number of rotatable bonds is 4. The van der Waals surface area contributed by atoms with Gasteiger partial charge in [0.2, 0.25) is 0 Å². The van der Waals surface area contributed by atoms with Crippen LogP contribution in [0.15, 0.2) is 29.4 Å². The Morgan fingerprint density at radius 2 is 1.92 bits per heavy atom. The van der Waals surface area contributed by atoms with Crippen LogP contribution < -0.4 is 4.74 Å². The van der Waals surface area contributed by atoms with E-state index in [0.717, 1.165) is 12.2 Å². The minimum atomic E-state index is 0.776. The molecule has 0 saturated carbocycles. The van der Waals surface area contributed by atoms with E-state index in [-0.39, 0.29) is 0 Å². The van der Waals surface area contributed by atoms with Gasteiger partial charge in [-0.3, -0.25) is 0 Å². The maximum Gasteiger partial charge on any atom is 0.118 e. The van der Waals surface area contributed by atoms with Crippen LogP contribution in [-0.2, 0) is 11.3 Å². The van der Waals surface area contributed by atoms with Gasteiger partial charge in [-0.2, -0.15) is 0 Å². The third-order valence-corrected chi connectivity index (χ3v) is 1.67. The van der Waals surface area contributed by atoms with Gasteiger partial charge < -0.3 is 9.57 Å². The van der Waals surface area contributed by atoms with Gasteiger partial charge in [-0.15, -0.1) is 0 Å². The van der Waals surface area contributed by atoms with Crippen LogP contribution in [0, 0.1) is 0 Å². The molecule has 0 unspecified atom stereocenters. The number of methoxy groups -OCH3 is 1. The van der Waals surface area contributed by atoms with E-state index in [9.17, 15) is 0 Å². The van der Waals surface area contributed by atoms with E-state index in [4.69, 9.17) is 4.74 Å². The molecule has 3 heteroatoms. The first-order valence-corrected chi connectivity index (χ1v) is 4.04. The second kappa shape index (κ2) is 5.19. The Kier molecular flexibility index (Phi) is 3.82. The molecular formula is C10H13NO2. The number of hydrogen-bond acceptors (Lipinski definition) is 3. The van der Waals surface area contributed by atoms with E-state index >= 15 is 0 Å². The summed E-state index contributed by atoms with van der Waals surface area (Å²) in [7, 11) is 3.19. The lowest BCUT2D eigenvalue weighted by molar-refractivity contribution is 0.215. The van der Waals surface area contributed by atoms with Gasteiger partial charge >= 0.3 is 0 Å². The van der Waals surface area contributed by atoms with Gasteiger partial charge in [0.05, 0.1) is 7.11 Å². The molecule has 1 rings (SSSR count). The van der Waals surface area contributed by atoms with E-state index in [2.05, 4.69) is 9.99 Å². The lowest BCUT2D eigenvalue weighted by atomic mass is 10.2. The summed E-state index contributed by atoms with van der Waals surface area (Å²) in [6.45, 7) is 0. The molecule has 0 heterocycles. The summed E-state index contributed by atoms with van der Waals surface area (Å²) < 4.78 is 5.04. The zero-order valence-corrected chi connectivity index (χ0v) is 7.86. The van der Waals surface area contributed by atoms with E-state index in [0.29, 0.717) is 0 Å². The van der Waals surface area contributed by atoms with Gasteiger partial charge in [0.25, 0.3) is 0 Å². The maximum absolute atomic E-state index is 5.04. The van der Waals surface area contributed by atoms with Crippen molar-refractivity contribution >= 4 is 6.21 Å². The Balaban J connectivity index is 2.54. The van der Waals surface area contributed by atoms with Crippen molar-refractivity contribution in [2.24, 2.45) is 5.16 Å². The lowest BCUT2D eigenvalue weighted by Crippen LogP contribution is -1.87. The van der Waals surface area contributed by atoms with Gasteiger partial charge in [0, 0.05) is 12.6 Å². The predicted molar refractivity (Wildman–Crippen MR) is 52.2 cm³/mol. The average Bonchev–Trinajstić information content (AvgIpc) is 2.19. The third-order valence-electron chi connectivity index (χ3n) is 1.67. The summed E-state index contributed by atoms with van der Waals surface area (Å²) in [5.74, 6) is 0.868. The topological polar surface area (TPSA) is 30.8 Å². The molecule has 0 fully saturated rings. The minimum Gasteiger partial charge on any atom is -0.497 e. The summed E-state index contributed by atoms with van der Waals surface area (Å²) >= 11 is 0. The van der Waals surface area contributed by atoms with E-state index in [1.54, 1.807) is 13.3 Å². The summed E-state index contributed by atoms with van der Waals surface area (Å²) in [6, 6.07) is 7.85. The van der Waals surface area contributed by atoms with Gasteiger partial charge in [-0.1, -0.05) is 17.3 Å². The Labute approximate surface area is 78.0 Å². The second-order valence-electron chi connectivity index (χ2n) is 2.52. The number of benzene rings is 1. The molecule has 0 aromatic heterocycles. The van der Waals surface area contributed by atoms with E-state index in [1.807, 2.05) is 24.3 Å². The van der Waals surface area contributed by atoms with Crippen LogP contribution in [0.4, 0.5) is 0 Å².